The van der Waals surface area contributed by atoms with E-state index in [0.29, 0.717) is 34.8 Å². The molecule has 1 aromatic heterocycles. The van der Waals surface area contributed by atoms with Crippen LogP contribution in [0.15, 0.2) is 66.9 Å². The summed E-state index contributed by atoms with van der Waals surface area (Å²) in [5, 5.41) is 7.44. The van der Waals surface area contributed by atoms with Crippen LogP contribution >= 0.6 is 0 Å². The first-order valence-electron chi connectivity index (χ1n) is 15.9. The zero-order valence-corrected chi connectivity index (χ0v) is 29.0. The smallest absolute Gasteiger partial charge is 0.323 e. The fourth-order valence-electron chi connectivity index (χ4n) is 5.95. The molecule has 1 fully saturated rings. The number of fused-ring (bicyclic) bond motifs is 1. The van der Waals surface area contributed by atoms with Gasteiger partial charge in [-0.25, -0.2) is 13.2 Å². The number of nitrogens with one attached hydrogen (secondary N) is 3. The molecule has 1 aliphatic rings. The maximum Gasteiger partial charge on any atom is 0.323 e. The van der Waals surface area contributed by atoms with E-state index in [9.17, 15) is 13.2 Å². The van der Waals surface area contributed by atoms with Gasteiger partial charge in [-0.1, -0.05) is 45.0 Å². The largest absolute Gasteiger partial charge is 0.492 e. The number of urea groups is 1. The molecule has 3 aromatic carbocycles. The number of hydrogen-bond donors (Lipinski definition) is 3. The van der Waals surface area contributed by atoms with Crippen molar-refractivity contribution in [1.82, 2.24) is 9.88 Å². The van der Waals surface area contributed by atoms with E-state index in [1.165, 1.54) is 13.5 Å². The summed E-state index contributed by atoms with van der Waals surface area (Å²) in [5.41, 5.74) is 2.64. The molecule has 2 amide bonds. The van der Waals surface area contributed by atoms with Crippen molar-refractivity contribution in [3.63, 3.8) is 0 Å². The van der Waals surface area contributed by atoms with E-state index in [1.807, 2.05) is 63.2 Å². The number of hydrogen-bond acceptors (Lipinski definition) is 7. The molecule has 0 radical (unpaired) electrons. The minimum atomic E-state index is -3.61. The summed E-state index contributed by atoms with van der Waals surface area (Å²) in [6.45, 7) is 12.7. The monoisotopic (exact) mass is 659 g/mol. The molecule has 5 rings (SSSR count). The van der Waals surface area contributed by atoms with Gasteiger partial charge in [0.05, 0.1) is 30.4 Å². The minimum absolute atomic E-state index is 0.203. The van der Waals surface area contributed by atoms with Gasteiger partial charge in [0.1, 0.15) is 11.5 Å². The quantitative estimate of drug-likeness (QED) is 0.160. The topological polar surface area (TPSA) is 122 Å². The Hall–Kier alpha value is -4.35. The van der Waals surface area contributed by atoms with Crippen LogP contribution in [-0.4, -0.2) is 56.8 Å². The van der Waals surface area contributed by atoms with Gasteiger partial charge in [0.2, 0.25) is 10.0 Å². The van der Waals surface area contributed by atoms with E-state index in [2.05, 4.69) is 39.1 Å². The van der Waals surface area contributed by atoms with E-state index in [1.54, 1.807) is 24.4 Å². The van der Waals surface area contributed by atoms with Crippen molar-refractivity contribution >= 4 is 43.9 Å². The summed E-state index contributed by atoms with van der Waals surface area (Å²) in [5.74, 6) is 2.15. The predicted molar refractivity (Wildman–Crippen MR) is 190 cm³/mol. The number of nitrogens with zero attached hydrogens (tertiary/aromatic N) is 2. The number of sulfonamides is 1. The molecule has 0 spiro atoms. The van der Waals surface area contributed by atoms with Gasteiger partial charge in [-0.15, -0.1) is 0 Å². The molecule has 0 saturated carbocycles. The summed E-state index contributed by atoms with van der Waals surface area (Å²) in [6, 6.07) is 18.8. The van der Waals surface area contributed by atoms with Crippen LogP contribution < -0.4 is 24.8 Å². The van der Waals surface area contributed by atoms with Crippen LogP contribution in [-0.2, 0) is 21.9 Å². The Morgan fingerprint density at radius 3 is 2.36 bits per heavy atom. The predicted octanol–water partition coefficient (Wildman–Crippen LogP) is 7.62. The Morgan fingerprint density at radius 1 is 1.00 bits per heavy atom. The SMILES string of the molecule is COc1c(NC(=O)Nc2ccc(Oc3ccnc(CC4CCN(C(C)C)C4)c3)c3ccccc23)cc(C(C)(C)C)cc1NS(C)(=O)=O. The molecule has 4 aromatic rings. The fraction of sp³-hybridized carbons (Fsp3) is 0.389. The van der Waals surface area contributed by atoms with Gasteiger partial charge in [0, 0.05) is 41.3 Å². The number of carbonyl (C=O) groups is 1. The summed E-state index contributed by atoms with van der Waals surface area (Å²) < 4.78 is 38.7. The molecule has 0 bridgehead atoms. The first-order valence-corrected chi connectivity index (χ1v) is 17.8. The van der Waals surface area contributed by atoms with Crippen LogP contribution in [0.4, 0.5) is 21.9 Å². The summed E-state index contributed by atoms with van der Waals surface area (Å²) in [4.78, 5) is 20.5. The molecule has 0 aliphatic carbocycles. The molecular formula is C36H45N5O5S. The number of aromatic nitrogens is 1. The van der Waals surface area contributed by atoms with E-state index >= 15 is 0 Å². The maximum atomic E-state index is 13.4. The normalized spacial score (nSPS) is 15.5. The standard InChI is InChI=1S/C36H45N5O5S/c1-23(2)41-17-15-24(22-41)18-26-21-27(14-16-37-26)46-33-13-12-30(28-10-8-9-11-29(28)33)38-35(42)39-31-19-25(36(3,4)5)20-32(34(31)45-6)40-47(7,43)44/h8-14,16,19-21,23-24,40H,15,17-18,22H2,1-7H3,(H2,38,39,42). The molecule has 1 aliphatic heterocycles. The van der Waals surface area contributed by atoms with Crippen molar-refractivity contribution < 1.29 is 22.7 Å². The second kappa shape index (κ2) is 13.8. The zero-order valence-electron chi connectivity index (χ0n) is 28.2. The number of methoxy groups -OCH3 is 1. The van der Waals surface area contributed by atoms with Crippen molar-refractivity contribution in [2.24, 2.45) is 5.92 Å². The second-order valence-corrected chi connectivity index (χ2v) is 15.2. The molecule has 10 nitrogen and oxygen atoms in total. The van der Waals surface area contributed by atoms with Crippen molar-refractivity contribution in [3.05, 3.63) is 78.1 Å². The number of amides is 2. The summed E-state index contributed by atoms with van der Waals surface area (Å²) in [6.07, 6.45) is 4.94. The lowest BCUT2D eigenvalue weighted by Gasteiger charge is -2.24. The lowest BCUT2D eigenvalue weighted by atomic mass is 9.86. The molecule has 1 unspecified atom stereocenters. The number of ether oxygens (including phenoxy) is 2. The van der Waals surface area contributed by atoms with Crippen LogP contribution in [0.3, 0.4) is 0 Å². The molecule has 11 heteroatoms. The molecule has 250 valence electrons. The van der Waals surface area contributed by atoms with Gasteiger partial charge >= 0.3 is 6.03 Å². The van der Waals surface area contributed by atoms with Crippen molar-refractivity contribution in [1.29, 1.82) is 0 Å². The number of carbonyl (C=O) groups excluding carboxylic acids is 1. The van der Waals surface area contributed by atoms with E-state index < -0.39 is 16.1 Å². The lowest BCUT2D eigenvalue weighted by molar-refractivity contribution is 0.262. The fourth-order valence-corrected chi connectivity index (χ4v) is 6.50. The number of anilines is 3. The average molecular weight is 660 g/mol. The molecule has 1 atom stereocenters. The third-order valence-electron chi connectivity index (χ3n) is 8.40. The first kappa shape index (κ1) is 34.0. The second-order valence-electron chi connectivity index (χ2n) is 13.5. The van der Waals surface area contributed by atoms with Crippen molar-refractivity contribution in [2.75, 3.05) is 41.8 Å². The van der Waals surface area contributed by atoms with Crippen LogP contribution in [0.5, 0.6) is 17.2 Å². The van der Waals surface area contributed by atoms with Crippen LogP contribution in [0.1, 0.15) is 52.3 Å². The highest BCUT2D eigenvalue weighted by atomic mass is 32.2. The van der Waals surface area contributed by atoms with Gasteiger partial charge in [-0.2, -0.15) is 0 Å². The number of rotatable bonds is 10. The first-order chi connectivity index (χ1) is 22.2. The number of pyridine rings is 1. The van der Waals surface area contributed by atoms with E-state index in [4.69, 9.17) is 9.47 Å². The lowest BCUT2D eigenvalue weighted by Crippen LogP contribution is -2.28. The molecule has 2 heterocycles. The van der Waals surface area contributed by atoms with E-state index in [-0.39, 0.29) is 16.9 Å². The van der Waals surface area contributed by atoms with Gasteiger partial charge < -0.3 is 25.0 Å². The average Bonchev–Trinajstić information content (AvgIpc) is 3.46. The Balaban J connectivity index is 1.36. The maximum absolute atomic E-state index is 13.4. The Bertz CT molecular complexity index is 1870. The Kier molecular flexibility index (Phi) is 9.97. The van der Waals surface area contributed by atoms with Crippen LogP contribution in [0.25, 0.3) is 10.8 Å². The van der Waals surface area contributed by atoms with Gasteiger partial charge in [0.25, 0.3) is 0 Å². The molecular weight excluding hydrogens is 614 g/mol. The highest BCUT2D eigenvalue weighted by Gasteiger charge is 2.25. The Morgan fingerprint density at radius 2 is 1.70 bits per heavy atom. The molecule has 1 saturated heterocycles. The molecule has 47 heavy (non-hydrogen) atoms. The highest BCUT2D eigenvalue weighted by Crippen LogP contribution is 2.40. The van der Waals surface area contributed by atoms with Crippen LogP contribution in [0.2, 0.25) is 0 Å². The van der Waals surface area contributed by atoms with Crippen molar-refractivity contribution in [2.45, 2.75) is 58.9 Å². The molecule has 3 N–H and O–H groups in total. The highest BCUT2D eigenvalue weighted by molar-refractivity contribution is 7.92. The third-order valence-corrected chi connectivity index (χ3v) is 8.99. The third kappa shape index (κ3) is 8.52. The van der Waals surface area contributed by atoms with Gasteiger partial charge in [0.15, 0.2) is 5.75 Å². The minimum Gasteiger partial charge on any atom is -0.492 e. The number of benzene rings is 3. The number of likely N-dealkylation sites (tertiary alicyclic amines) is 1. The van der Waals surface area contributed by atoms with E-state index in [0.717, 1.165) is 47.8 Å². The zero-order chi connectivity index (χ0) is 33.9. The summed E-state index contributed by atoms with van der Waals surface area (Å²) in [7, 11) is -2.18. The van der Waals surface area contributed by atoms with Gasteiger partial charge in [-0.05, 0) is 80.5 Å². The van der Waals surface area contributed by atoms with Crippen LogP contribution in [0, 0.1) is 5.92 Å². The summed E-state index contributed by atoms with van der Waals surface area (Å²) >= 11 is 0. The van der Waals surface area contributed by atoms with Crippen molar-refractivity contribution in [3.8, 4) is 17.2 Å². The Labute approximate surface area is 277 Å². The van der Waals surface area contributed by atoms with Gasteiger partial charge in [-0.3, -0.25) is 9.71 Å².